The molecule has 21 heavy (non-hydrogen) atoms. The Hall–Kier alpha value is -1.10. The van der Waals surface area contributed by atoms with Crippen LogP contribution in [0.2, 0.25) is 0 Å². The van der Waals surface area contributed by atoms with Gasteiger partial charge in [-0.15, -0.1) is 23.1 Å². The average molecular weight is 394 g/mol. The zero-order valence-corrected chi connectivity index (χ0v) is 13.9. The van der Waals surface area contributed by atoms with E-state index in [2.05, 4.69) is 26.2 Å². The first-order valence-electron chi connectivity index (χ1n) is 5.87. The Labute approximate surface area is 137 Å². The molecule has 0 aromatic carbocycles. The van der Waals surface area contributed by atoms with Gasteiger partial charge < -0.3 is 4.74 Å². The fourth-order valence-corrected chi connectivity index (χ4v) is 3.93. The number of allylic oxidation sites excluding steroid dienone is 1. The first kappa shape index (κ1) is 16.3. The fraction of sp³-hybridized carbons (Fsp3) is 0.364. The molecule has 1 unspecified atom stereocenters. The Morgan fingerprint density at radius 2 is 2.38 bits per heavy atom. The van der Waals surface area contributed by atoms with Crippen LogP contribution in [0, 0.1) is 0 Å². The molecule has 0 spiro atoms. The molecule has 1 aliphatic rings. The summed E-state index contributed by atoms with van der Waals surface area (Å²) in [5, 5.41) is 12.9. The van der Waals surface area contributed by atoms with E-state index in [-0.39, 0.29) is 13.0 Å². The van der Waals surface area contributed by atoms with Crippen molar-refractivity contribution in [3.8, 4) is 0 Å². The zero-order chi connectivity index (χ0) is 15.2. The molecule has 10 heteroatoms. The van der Waals surface area contributed by atoms with Gasteiger partial charge in [-0.25, -0.2) is 15.3 Å². The number of hydroxylamine groups is 1. The number of rotatable bonds is 5. The monoisotopic (exact) mass is 393 g/mol. The lowest BCUT2D eigenvalue weighted by molar-refractivity contribution is -0.128. The van der Waals surface area contributed by atoms with Gasteiger partial charge in [0.25, 0.3) is 0 Å². The largest absolute Gasteiger partial charge is 0.444 e. The first-order valence-corrected chi connectivity index (χ1v) is 8.55. The standard InChI is InChI=1S/C11H12BrN3O4S2/c12-8-2-1-7(21-8)4-19-11(17)14-10-13-6(5-20-10)3-9(16)15-18/h1,5,8,18H,2-4H2,(H,15,16)(H,13,14,17). The molecule has 0 bridgehead atoms. The number of nitrogens with one attached hydrogen (secondary N) is 2. The number of carbonyl (C=O) groups excluding carboxylic acids is 2. The topological polar surface area (TPSA) is 101 Å². The summed E-state index contributed by atoms with van der Waals surface area (Å²) in [6, 6.07) is 0. The van der Waals surface area contributed by atoms with Crippen LogP contribution in [0.5, 0.6) is 0 Å². The molecule has 0 fully saturated rings. The summed E-state index contributed by atoms with van der Waals surface area (Å²) < 4.78 is 5.42. The lowest BCUT2D eigenvalue weighted by Gasteiger charge is -2.05. The number of anilines is 1. The van der Waals surface area contributed by atoms with Crippen molar-refractivity contribution in [3.63, 3.8) is 0 Å². The molecule has 2 heterocycles. The van der Waals surface area contributed by atoms with E-state index in [1.165, 1.54) is 16.8 Å². The summed E-state index contributed by atoms with van der Waals surface area (Å²) in [5.74, 6) is -0.566. The van der Waals surface area contributed by atoms with E-state index in [0.717, 1.165) is 11.3 Å². The van der Waals surface area contributed by atoms with Gasteiger partial charge in [0, 0.05) is 10.3 Å². The smallest absolute Gasteiger partial charge is 0.413 e. The van der Waals surface area contributed by atoms with Crippen LogP contribution in [0.4, 0.5) is 9.93 Å². The third-order valence-electron chi connectivity index (χ3n) is 2.38. The number of carbonyl (C=O) groups is 2. The van der Waals surface area contributed by atoms with E-state index in [1.807, 2.05) is 6.08 Å². The minimum Gasteiger partial charge on any atom is -0.444 e. The van der Waals surface area contributed by atoms with Crippen molar-refractivity contribution in [2.45, 2.75) is 17.0 Å². The van der Waals surface area contributed by atoms with Crippen molar-refractivity contribution in [1.82, 2.24) is 10.5 Å². The molecule has 1 aromatic heterocycles. The highest BCUT2D eigenvalue weighted by Gasteiger charge is 2.16. The van der Waals surface area contributed by atoms with Crippen LogP contribution in [0.1, 0.15) is 12.1 Å². The van der Waals surface area contributed by atoms with Gasteiger partial charge in [-0.2, -0.15) is 0 Å². The van der Waals surface area contributed by atoms with E-state index in [9.17, 15) is 9.59 Å². The second-order valence-corrected chi connectivity index (χ2v) is 7.89. The van der Waals surface area contributed by atoms with Crippen LogP contribution < -0.4 is 10.8 Å². The van der Waals surface area contributed by atoms with E-state index < -0.39 is 12.0 Å². The summed E-state index contributed by atoms with van der Waals surface area (Å²) in [6.07, 6.45) is 2.28. The van der Waals surface area contributed by atoms with Crippen molar-refractivity contribution in [2.75, 3.05) is 11.9 Å². The van der Waals surface area contributed by atoms with Gasteiger partial charge in [0.1, 0.15) is 6.61 Å². The number of amides is 2. The summed E-state index contributed by atoms with van der Waals surface area (Å²) in [5.41, 5.74) is 1.98. The SMILES string of the molecule is O=C(Cc1csc(NC(=O)OCC2=CCC(Br)S2)n1)NO. The van der Waals surface area contributed by atoms with Gasteiger partial charge in [0.15, 0.2) is 5.13 Å². The first-order chi connectivity index (χ1) is 10.1. The predicted molar refractivity (Wildman–Crippen MR) is 83.7 cm³/mol. The number of halogens is 1. The van der Waals surface area contributed by atoms with Gasteiger partial charge in [0.05, 0.1) is 16.3 Å². The quantitative estimate of drug-likeness (QED) is 0.403. The molecule has 0 aliphatic carbocycles. The number of ether oxygens (including phenoxy) is 1. The average Bonchev–Trinajstić information content (AvgIpc) is 3.05. The molecule has 1 atom stereocenters. The van der Waals surface area contributed by atoms with Crippen molar-refractivity contribution in [1.29, 1.82) is 0 Å². The number of alkyl halides is 1. The van der Waals surface area contributed by atoms with Gasteiger partial charge in [-0.1, -0.05) is 22.0 Å². The number of thioether (sulfide) groups is 1. The van der Waals surface area contributed by atoms with E-state index >= 15 is 0 Å². The normalized spacial score (nSPS) is 17.2. The highest BCUT2D eigenvalue weighted by molar-refractivity contribution is 9.11. The van der Waals surface area contributed by atoms with Crippen LogP contribution in [-0.4, -0.2) is 33.0 Å². The van der Waals surface area contributed by atoms with Gasteiger partial charge in [-0.05, 0) is 6.42 Å². The van der Waals surface area contributed by atoms with E-state index in [4.69, 9.17) is 9.94 Å². The van der Waals surface area contributed by atoms with E-state index in [1.54, 1.807) is 17.1 Å². The minimum absolute atomic E-state index is 0.0557. The van der Waals surface area contributed by atoms with E-state index in [0.29, 0.717) is 15.0 Å². The third kappa shape index (κ3) is 5.30. The second-order valence-electron chi connectivity index (χ2n) is 3.99. The molecular weight excluding hydrogens is 382 g/mol. The molecule has 1 aromatic rings. The molecule has 1 aliphatic heterocycles. The van der Waals surface area contributed by atoms with Gasteiger partial charge in [0.2, 0.25) is 5.91 Å². The Morgan fingerprint density at radius 3 is 3.05 bits per heavy atom. The molecule has 3 N–H and O–H groups in total. The molecule has 2 amide bonds. The second kappa shape index (κ2) is 7.78. The summed E-state index contributed by atoms with van der Waals surface area (Å²) in [4.78, 5) is 27.6. The highest BCUT2D eigenvalue weighted by atomic mass is 79.9. The Kier molecular flexibility index (Phi) is 6.03. The number of nitrogens with zero attached hydrogens (tertiary/aromatic N) is 1. The Bertz CT molecular complexity index is 563. The molecular formula is C11H12BrN3O4S2. The zero-order valence-electron chi connectivity index (χ0n) is 10.7. The van der Waals surface area contributed by atoms with Gasteiger partial charge >= 0.3 is 6.09 Å². The lowest BCUT2D eigenvalue weighted by atomic mass is 10.3. The molecule has 114 valence electrons. The minimum atomic E-state index is -0.595. The number of aromatic nitrogens is 1. The molecule has 2 rings (SSSR count). The van der Waals surface area contributed by atoms with Crippen LogP contribution >= 0.6 is 39.0 Å². The van der Waals surface area contributed by atoms with Gasteiger partial charge in [-0.3, -0.25) is 15.3 Å². The highest BCUT2D eigenvalue weighted by Crippen LogP contribution is 2.35. The van der Waals surface area contributed by atoms with Crippen molar-refractivity contribution in [2.24, 2.45) is 0 Å². The molecule has 7 nitrogen and oxygen atoms in total. The molecule has 0 saturated carbocycles. The fourth-order valence-electron chi connectivity index (χ4n) is 1.49. The third-order valence-corrected chi connectivity index (χ3v) is 5.16. The molecule has 0 radical (unpaired) electrons. The summed E-state index contributed by atoms with van der Waals surface area (Å²) >= 11 is 6.26. The summed E-state index contributed by atoms with van der Waals surface area (Å²) in [7, 11) is 0. The number of thiazole rings is 1. The number of hydrogen-bond donors (Lipinski definition) is 3. The number of hydrogen-bond acceptors (Lipinski definition) is 7. The van der Waals surface area contributed by atoms with Crippen molar-refractivity contribution >= 4 is 56.2 Å². The van der Waals surface area contributed by atoms with Crippen LogP contribution in [0.25, 0.3) is 0 Å². The maximum atomic E-state index is 11.6. The van der Waals surface area contributed by atoms with Crippen molar-refractivity contribution < 1.29 is 19.5 Å². The molecule has 0 saturated heterocycles. The Balaban J connectivity index is 1.76. The maximum Gasteiger partial charge on any atom is 0.413 e. The summed E-state index contributed by atoms with van der Waals surface area (Å²) in [6.45, 7) is 0.226. The maximum absolute atomic E-state index is 11.6. The van der Waals surface area contributed by atoms with Crippen LogP contribution in [-0.2, 0) is 16.0 Å². The van der Waals surface area contributed by atoms with Crippen LogP contribution in [0.15, 0.2) is 16.4 Å². The van der Waals surface area contributed by atoms with Crippen LogP contribution in [0.3, 0.4) is 0 Å². The lowest BCUT2D eigenvalue weighted by Crippen LogP contribution is -2.21. The predicted octanol–water partition coefficient (Wildman–Crippen LogP) is 2.48. The van der Waals surface area contributed by atoms with Crippen molar-refractivity contribution in [3.05, 3.63) is 22.1 Å². The Morgan fingerprint density at radius 1 is 1.57 bits per heavy atom.